The molecule has 170 valence electrons. The van der Waals surface area contributed by atoms with E-state index in [0.717, 1.165) is 0 Å². The number of benzene rings is 1. The molecule has 33 heavy (non-hydrogen) atoms. The quantitative estimate of drug-likeness (QED) is 0.338. The smallest absolute Gasteiger partial charge is 0.416 e. The Bertz CT molecular complexity index is 1450. The van der Waals surface area contributed by atoms with E-state index in [1.165, 1.54) is 16.8 Å². The summed E-state index contributed by atoms with van der Waals surface area (Å²) in [5.41, 5.74) is 5.34. The molecule has 3 aromatic heterocycles. The maximum atomic E-state index is 14.1. The van der Waals surface area contributed by atoms with Crippen molar-refractivity contribution in [3.05, 3.63) is 71.3 Å². The summed E-state index contributed by atoms with van der Waals surface area (Å²) in [5, 5.41) is 3.96. The zero-order valence-electron chi connectivity index (χ0n) is 19.7. The maximum Gasteiger partial charge on any atom is 0.416 e. The highest BCUT2D eigenvalue weighted by molar-refractivity contribution is 5.99. The van der Waals surface area contributed by atoms with Crippen molar-refractivity contribution in [1.82, 2.24) is 19.6 Å². The zero-order chi connectivity index (χ0) is 26.3. The molecule has 0 atom stereocenters. The van der Waals surface area contributed by atoms with Crippen LogP contribution in [0.25, 0.3) is 16.8 Å². The first-order chi connectivity index (χ1) is 16.8. The second kappa shape index (κ2) is 8.49. The topological polar surface area (TPSA) is 95.4 Å². The van der Waals surface area contributed by atoms with E-state index < -0.39 is 42.7 Å². The highest BCUT2D eigenvalue weighted by atomic mass is 19.4. The average Bonchev–Trinajstić information content (AvgIpc) is 3.16. The van der Waals surface area contributed by atoms with Gasteiger partial charge in [0.25, 0.3) is 0 Å². The molecule has 0 aliphatic heterocycles. The van der Waals surface area contributed by atoms with E-state index in [-0.39, 0.29) is 23.5 Å². The number of carbonyl (C=O) groups excluding carboxylic acids is 1. The van der Waals surface area contributed by atoms with Crippen LogP contribution in [0.4, 0.5) is 23.5 Å². The van der Waals surface area contributed by atoms with Crippen LogP contribution in [0, 0.1) is 5.82 Å². The van der Waals surface area contributed by atoms with Gasteiger partial charge in [-0.15, -0.1) is 5.10 Å². The molecule has 3 heterocycles. The summed E-state index contributed by atoms with van der Waals surface area (Å²) < 4.78 is 81.4. The molecule has 2 N–H and O–H groups in total. The molecule has 0 aliphatic carbocycles. The highest BCUT2D eigenvalue weighted by Gasteiger charge is 2.31. The Labute approximate surface area is 189 Å². The molecule has 11 heteroatoms. The minimum atomic E-state index is -4.68. The van der Waals surface area contributed by atoms with Gasteiger partial charge >= 0.3 is 6.18 Å². The Kier molecular flexibility index (Phi) is 4.77. The SMILES string of the molecule is [2H]C([2H])([2H])Oc1ncc(-c2ccn3nc(N)nc3c2)cc1C(=O)CCc1cc(C(F)(F)F)ccc1F. The number of anilines is 1. The highest BCUT2D eigenvalue weighted by Crippen LogP contribution is 2.31. The largest absolute Gasteiger partial charge is 0.480 e. The molecule has 0 fully saturated rings. The summed E-state index contributed by atoms with van der Waals surface area (Å²) in [4.78, 5) is 21.0. The summed E-state index contributed by atoms with van der Waals surface area (Å²) in [6.45, 7) is 0. The molecule has 1 aromatic carbocycles. The number of halogens is 4. The van der Waals surface area contributed by atoms with Gasteiger partial charge in [0.1, 0.15) is 5.82 Å². The number of Topliss-reactive ketones (excluding diaryl/α,β-unsaturated/α-hetero) is 1. The minimum absolute atomic E-state index is 0.0457. The normalized spacial score (nSPS) is 13.4. The van der Waals surface area contributed by atoms with Crippen molar-refractivity contribution in [2.24, 2.45) is 0 Å². The second-order valence-electron chi connectivity index (χ2n) is 7.09. The van der Waals surface area contributed by atoms with E-state index >= 15 is 0 Å². The van der Waals surface area contributed by atoms with Crippen molar-refractivity contribution in [1.29, 1.82) is 0 Å². The molecule has 0 bridgehead atoms. The number of hydrogen-bond acceptors (Lipinski definition) is 6. The van der Waals surface area contributed by atoms with Gasteiger partial charge in [0.05, 0.1) is 22.3 Å². The summed E-state index contributed by atoms with van der Waals surface area (Å²) in [6, 6.07) is 6.50. The van der Waals surface area contributed by atoms with Crippen molar-refractivity contribution < 1.29 is 31.2 Å². The number of nitrogens with two attached hydrogens (primary N) is 1. The number of hydrogen-bond donors (Lipinski definition) is 1. The lowest BCUT2D eigenvalue weighted by Gasteiger charge is -2.11. The van der Waals surface area contributed by atoms with Crippen LogP contribution in [0.5, 0.6) is 5.88 Å². The third kappa shape index (κ3) is 4.61. The first-order valence-electron chi connectivity index (χ1n) is 11.0. The predicted octanol–water partition coefficient (Wildman–Crippen LogP) is 4.36. The number of carbonyl (C=O) groups is 1. The van der Waals surface area contributed by atoms with E-state index in [1.54, 1.807) is 18.3 Å². The third-order valence-corrected chi connectivity index (χ3v) is 4.93. The van der Waals surface area contributed by atoms with E-state index in [1.807, 2.05) is 0 Å². The van der Waals surface area contributed by atoms with Gasteiger partial charge in [-0.25, -0.2) is 13.9 Å². The molecule has 0 radical (unpaired) electrons. The Morgan fingerprint density at radius 3 is 2.79 bits per heavy atom. The van der Waals surface area contributed by atoms with Gasteiger partial charge in [0, 0.05) is 24.4 Å². The Morgan fingerprint density at radius 2 is 2.03 bits per heavy atom. The molecule has 4 rings (SSSR count). The fourth-order valence-electron chi connectivity index (χ4n) is 3.30. The molecule has 0 saturated carbocycles. The van der Waals surface area contributed by atoms with Crippen molar-refractivity contribution >= 4 is 17.4 Å². The molecule has 0 aliphatic rings. The fraction of sp³-hybridized carbons (Fsp3) is 0.182. The summed E-state index contributed by atoms with van der Waals surface area (Å²) in [5.74, 6) is -2.04. The number of aromatic nitrogens is 4. The number of ether oxygens (including phenoxy) is 1. The van der Waals surface area contributed by atoms with Crippen LogP contribution >= 0.6 is 0 Å². The molecule has 0 saturated heterocycles. The van der Waals surface area contributed by atoms with Gasteiger partial charge in [0.2, 0.25) is 11.8 Å². The number of aryl methyl sites for hydroxylation is 1. The van der Waals surface area contributed by atoms with Crippen molar-refractivity contribution in [2.45, 2.75) is 19.0 Å². The van der Waals surface area contributed by atoms with Crippen molar-refractivity contribution in [3.63, 3.8) is 0 Å². The Hall–Kier alpha value is -4.02. The lowest BCUT2D eigenvalue weighted by molar-refractivity contribution is -0.137. The number of fused-ring (bicyclic) bond motifs is 1. The van der Waals surface area contributed by atoms with Crippen LogP contribution in [0.1, 0.15) is 32.0 Å². The Balaban J connectivity index is 1.66. The van der Waals surface area contributed by atoms with Crippen molar-refractivity contribution in [2.75, 3.05) is 12.8 Å². The fourth-order valence-corrected chi connectivity index (χ4v) is 3.30. The maximum absolute atomic E-state index is 14.1. The van der Waals surface area contributed by atoms with Crippen LogP contribution in [-0.2, 0) is 12.6 Å². The monoisotopic (exact) mass is 462 g/mol. The standard InChI is InChI=1S/C22H17F4N5O2/c1-33-20-16(18(32)5-2-13-8-15(22(24,25)26)3-4-17(13)23)9-14(11-28-20)12-6-7-31-19(10-12)29-21(27)30-31/h3-4,6-11H,2,5H2,1H3,(H2,27,30)/i1D3. The van der Waals surface area contributed by atoms with E-state index in [2.05, 4.69) is 15.1 Å². The molecule has 0 spiro atoms. The summed E-state index contributed by atoms with van der Waals surface area (Å²) >= 11 is 0. The molecule has 0 unspecified atom stereocenters. The molecule has 4 aromatic rings. The number of nitrogen functional groups attached to an aromatic ring is 1. The first-order valence-corrected chi connectivity index (χ1v) is 9.50. The van der Waals surface area contributed by atoms with E-state index in [9.17, 15) is 22.4 Å². The van der Waals surface area contributed by atoms with Crippen LogP contribution in [0.15, 0.2) is 48.8 Å². The van der Waals surface area contributed by atoms with E-state index in [4.69, 9.17) is 14.6 Å². The van der Waals surface area contributed by atoms with Crippen LogP contribution in [0.3, 0.4) is 0 Å². The third-order valence-electron chi connectivity index (χ3n) is 4.93. The van der Waals surface area contributed by atoms with Gasteiger partial charge in [0.15, 0.2) is 11.4 Å². The van der Waals surface area contributed by atoms with Gasteiger partial charge in [-0.05, 0) is 53.9 Å². The number of nitrogens with zero attached hydrogens (tertiary/aromatic N) is 4. The van der Waals surface area contributed by atoms with Crippen molar-refractivity contribution in [3.8, 4) is 17.0 Å². The molecular formula is C22H17F4N5O2. The van der Waals surface area contributed by atoms with Gasteiger partial charge in [-0.3, -0.25) is 4.79 Å². The van der Waals surface area contributed by atoms with Gasteiger partial charge in [-0.2, -0.15) is 18.2 Å². The number of methoxy groups -OCH3 is 1. The minimum Gasteiger partial charge on any atom is -0.480 e. The number of ketones is 1. The summed E-state index contributed by atoms with van der Waals surface area (Å²) in [6.07, 6.45) is -2.62. The molecular weight excluding hydrogens is 442 g/mol. The lowest BCUT2D eigenvalue weighted by Crippen LogP contribution is -2.09. The van der Waals surface area contributed by atoms with Crippen LogP contribution in [-0.4, -0.2) is 32.4 Å². The number of alkyl halides is 3. The van der Waals surface area contributed by atoms with Gasteiger partial charge in [-0.1, -0.05) is 0 Å². The zero-order valence-corrected chi connectivity index (χ0v) is 16.7. The summed E-state index contributed by atoms with van der Waals surface area (Å²) in [7, 11) is -2.92. The first kappa shape index (κ1) is 18.5. The van der Waals surface area contributed by atoms with Crippen LogP contribution < -0.4 is 10.5 Å². The second-order valence-corrected chi connectivity index (χ2v) is 7.09. The molecule has 7 nitrogen and oxygen atoms in total. The molecule has 0 amide bonds. The number of pyridine rings is 2. The predicted molar refractivity (Wildman–Crippen MR) is 111 cm³/mol. The number of rotatable bonds is 6. The lowest BCUT2D eigenvalue weighted by atomic mass is 9.99. The van der Waals surface area contributed by atoms with Crippen LogP contribution in [0.2, 0.25) is 0 Å². The average molecular weight is 462 g/mol. The van der Waals surface area contributed by atoms with E-state index in [0.29, 0.717) is 35.0 Å². The Morgan fingerprint density at radius 1 is 1.21 bits per heavy atom. The van der Waals surface area contributed by atoms with Gasteiger partial charge < -0.3 is 10.5 Å².